The summed E-state index contributed by atoms with van der Waals surface area (Å²) >= 11 is 0. The van der Waals surface area contributed by atoms with Crippen molar-refractivity contribution in [1.29, 1.82) is 0 Å². The van der Waals surface area contributed by atoms with Gasteiger partial charge >= 0.3 is 5.97 Å². The minimum absolute atomic E-state index is 0.0830. The van der Waals surface area contributed by atoms with Gasteiger partial charge in [-0.2, -0.15) is 0 Å². The molecule has 0 fully saturated rings. The molecule has 6 heteroatoms. The van der Waals surface area contributed by atoms with Crippen LogP contribution in [0.5, 0.6) is 0 Å². The van der Waals surface area contributed by atoms with E-state index in [-0.39, 0.29) is 17.4 Å². The number of hydrogen-bond donors (Lipinski definition) is 3. The molecule has 0 unspecified atom stereocenters. The third kappa shape index (κ3) is 21.9. The molecular weight excluding hydrogens is 536 g/mol. The fourth-order valence-electron chi connectivity index (χ4n) is 5.57. The second-order valence-corrected chi connectivity index (χ2v) is 12.4. The third-order valence-corrected chi connectivity index (χ3v) is 8.33. The molecule has 0 aromatic heterocycles. The van der Waals surface area contributed by atoms with E-state index in [1.54, 1.807) is 6.07 Å². The topological polar surface area (TPSA) is 95.5 Å². The number of nitrogens with one attached hydrogen (secondary N) is 2. The van der Waals surface area contributed by atoms with Gasteiger partial charge in [-0.25, -0.2) is 4.79 Å². The van der Waals surface area contributed by atoms with Crippen molar-refractivity contribution >= 4 is 29.2 Å². The molecule has 3 N–H and O–H groups in total. The fraction of sp³-hybridized carbons (Fsp3) is 0.757. The summed E-state index contributed by atoms with van der Waals surface area (Å²) in [5.41, 5.74) is 0.892. The molecule has 0 aliphatic rings. The van der Waals surface area contributed by atoms with Gasteiger partial charge in [-0.15, -0.1) is 0 Å². The molecular formula is C37H64N2O4. The monoisotopic (exact) mass is 600 g/mol. The predicted molar refractivity (Wildman–Crippen MR) is 182 cm³/mol. The van der Waals surface area contributed by atoms with Gasteiger partial charge in [0.1, 0.15) is 0 Å². The number of carbonyl (C=O) groups excluding carboxylic acids is 2. The molecule has 0 spiro atoms. The molecule has 0 saturated heterocycles. The molecule has 43 heavy (non-hydrogen) atoms. The first-order valence-corrected chi connectivity index (χ1v) is 17.9. The zero-order valence-electron chi connectivity index (χ0n) is 27.8. The highest BCUT2D eigenvalue weighted by atomic mass is 16.4. The molecule has 6 nitrogen and oxygen atoms in total. The number of amides is 2. The number of anilines is 2. The summed E-state index contributed by atoms with van der Waals surface area (Å²) in [4.78, 5) is 36.8. The second kappa shape index (κ2) is 27.2. The van der Waals surface area contributed by atoms with Crippen molar-refractivity contribution in [2.24, 2.45) is 0 Å². The maximum absolute atomic E-state index is 12.6. The largest absolute Gasteiger partial charge is 0.478 e. The van der Waals surface area contributed by atoms with Crippen molar-refractivity contribution in [3.63, 3.8) is 0 Å². The van der Waals surface area contributed by atoms with Crippen molar-refractivity contribution in [2.75, 3.05) is 10.6 Å². The summed E-state index contributed by atoms with van der Waals surface area (Å²) in [6, 6.07) is 4.47. The molecule has 0 radical (unpaired) electrons. The fourth-order valence-corrected chi connectivity index (χ4v) is 5.57. The number of carboxylic acid groups (broad SMARTS) is 1. The van der Waals surface area contributed by atoms with Crippen LogP contribution in [0.1, 0.15) is 191 Å². The number of unbranched alkanes of at least 4 members (excludes halogenated alkanes) is 22. The van der Waals surface area contributed by atoms with Crippen LogP contribution in [0.15, 0.2) is 18.2 Å². The molecule has 246 valence electrons. The van der Waals surface area contributed by atoms with Gasteiger partial charge in [-0.3, -0.25) is 9.59 Å². The van der Waals surface area contributed by atoms with Crippen LogP contribution in [0.2, 0.25) is 0 Å². The Kier molecular flexibility index (Phi) is 24.4. The van der Waals surface area contributed by atoms with Crippen LogP contribution in [0, 0.1) is 0 Å². The smallest absolute Gasteiger partial charge is 0.335 e. The van der Waals surface area contributed by atoms with E-state index in [0.717, 1.165) is 38.5 Å². The molecule has 0 saturated carbocycles. The summed E-state index contributed by atoms with van der Waals surface area (Å²) in [5.74, 6) is -1.32. The van der Waals surface area contributed by atoms with E-state index in [0.29, 0.717) is 24.2 Å². The van der Waals surface area contributed by atoms with Crippen LogP contribution < -0.4 is 10.6 Å². The van der Waals surface area contributed by atoms with E-state index in [1.807, 2.05) is 0 Å². The van der Waals surface area contributed by atoms with Crippen LogP contribution in [-0.2, 0) is 9.59 Å². The van der Waals surface area contributed by atoms with E-state index in [1.165, 1.54) is 128 Å². The summed E-state index contributed by atoms with van der Waals surface area (Å²) in [7, 11) is 0. The molecule has 0 atom stereocenters. The highest BCUT2D eigenvalue weighted by Crippen LogP contribution is 2.25. The minimum Gasteiger partial charge on any atom is -0.478 e. The van der Waals surface area contributed by atoms with Gasteiger partial charge in [0.05, 0.1) is 16.9 Å². The van der Waals surface area contributed by atoms with E-state index < -0.39 is 5.97 Å². The standard InChI is InChI=1S/C37H64N2O4/c1-3-5-7-9-11-13-15-17-19-21-23-25-27-35(40)38-33-30-29-32(37(42)43)31-34(33)39-36(41)28-26-24-22-20-18-16-14-12-10-8-6-4-2/h29-31H,3-28H2,1-2H3,(H,38,40)(H,39,41)(H,42,43). The van der Waals surface area contributed by atoms with E-state index in [4.69, 9.17) is 0 Å². The lowest BCUT2D eigenvalue weighted by Crippen LogP contribution is -2.17. The Morgan fingerprint density at radius 1 is 0.488 bits per heavy atom. The van der Waals surface area contributed by atoms with Gasteiger partial charge in [-0.1, -0.05) is 155 Å². The zero-order chi connectivity index (χ0) is 31.4. The number of benzene rings is 1. The highest BCUT2D eigenvalue weighted by Gasteiger charge is 2.13. The number of carbonyl (C=O) groups is 3. The Balaban J connectivity index is 2.27. The normalized spacial score (nSPS) is 11.0. The van der Waals surface area contributed by atoms with Crippen molar-refractivity contribution in [3.8, 4) is 0 Å². The van der Waals surface area contributed by atoms with Gasteiger partial charge in [0, 0.05) is 12.8 Å². The van der Waals surface area contributed by atoms with Gasteiger partial charge in [0.25, 0.3) is 0 Å². The van der Waals surface area contributed by atoms with Crippen LogP contribution in [-0.4, -0.2) is 22.9 Å². The van der Waals surface area contributed by atoms with Gasteiger partial charge < -0.3 is 15.7 Å². The first kappa shape index (κ1) is 38.7. The minimum atomic E-state index is -1.06. The first-order chi connectivity index (χ1) is 21.0. The van der Waals surface area contributed by atoms with Crippen LogP contribution in [0.4, 0.5) is 11.4 Å². The lowest BCUT2D eigenvalue weighted by Gasteiger charge is -2.13. The van der Waals surface area contributed by atoms with E-state index >= 15 is 0 Å². The van der Waals surface area contributed by atoms with Crippen molar-refractivity contribution in [3.05, 3.63) is 23.8 Å². The van der Waals surface area contributed by atoms with Crippen molar-refractivity contribution < 1.29 is 19.5 Å². The maximum atomic E-state index is 12.6. The molecule has 0 aliphatic carbocycles. The third-order valence-electron chi connectivity index (χ3n) is 8.33. The number of carboxylic acids is 1. The molecule has 1 rings (SSSR count). The molecule has 1 aromatic rings. The summed E-state index contributed by atoms with van der Waals surface area (Å²) in [5, 5.41) is 15.2. The van der Waals surface area contributed by atoms with Crippen molar-refractivity contribution in [1.82, 2.24) is 0 Å². The Labute approximate surface area is 263 Å². The van der Waals surface area contributed by atoms with E-state index in [2.05, 4.69) is 24.5 Å². The van der Waals surface area contributed by atoms with Crippen LogP contribution in [0.3, 0.4) is 0 Å². The zero-order valence-corrected chi connectivity index (χ0v) is 27.8. The van der Waals surface area contributed by atoms with E-state index in [9.17, 15) is 19.5 Å². The highest BCUT2D eigenvalue weighted by molar-refractivity contribution is 6.01. The molecule has 0 heterocycles. The van der Waals surface area contributed by atoms with Crippen LogP contribution in [0.25, 0.3) is 0 Å². The molecule has 1 aromatic carbocycles. The average molecular weight is 601 g/mol. The molecule has 0 aliphatic heterocycles. The number of rotatable bonds is 29. The van der Waals surface area contributed by atoms with Gasteiger partial charge in [-0.05, 0) is 31.0 Å². The van der Waals surface area contributed by atoms with Gasteiger partial charge in [0.2, 0.25) is 11.8 Å². The summed E-state index contributed by atoms with van der Waals surface area (Å²) < 4.78 is 0. The first-order valence-electron chi connectivity index (χ1n) is 17.9. The predicted octanol–water partition coefficient (Wildman–Crippen LogP) is 11.4. The van der Waals surface area contributed by atoms with Gasteiger partial charge in [0.15, 0.2) is 0 Å². The summed E-state index contributed by atoms with van der Waals surface area (Å²) in [6.07, 6.45) is 30.5. The Hall–Kier alpha value is -2.37. The Bertz CT molecular complexity index is 870. The molecule has 0 bridgehead atoms. The number of hydrogen-bond acceptors (Lipinski definition) is 3. The SMILES string of the molecule is CCCCCCCCCCCCCCC(=O)Nc1ccc(C(=O)O)cc1NC(=O)CCCCCCCCCCCCCC. The second-order valence-electron chi connectivity index (χ2n) is 12.4. The van der Waals surface area contributed by atoms with Crippen LogP contribution >= 0.6 is 0 Å². The average Bonchev–Trinajstić information content (AvgIpc) is 2.99. The summed E-state index contributed by atoms with van der Waals surface area (Å²) in [6.45, 7) is 4.50. The molecule has 2 amide bonds. The maximum Gasteiger partial charge on any atom is 0.335 e. The Morgan fingerprint density at radius 3 is 1.16 bits per heavy atom. The lowest BCUT2D eigenvalue weighted by molar-refractivity contribution is -0.117. The van der Waals surface area contributed by atoms with Crippen molar-refractivity contribution in [2.45, 2.75) is 181 Å². The Morgan fingerprint density at radius 2 is 0.814 bits per heavy atom. The quantitative estimate of drug-likeness (QED) is 0.0797. The lowest BCUT2D eigenvalue weighted by atomic mass is 10.0. The number of aromatic carboxylic acids is 1.